The Hall–Kier alpha value is -2.38. The van der Waals surface area contributed by atoms with Gasteiger partial charge in [0, 0.05) is 42.4 Å². The summed E-state index contributed by atoms with van der Waals surface area (Å²) in [5.74, 6) is 1.94. The lowest BCUT2D eigenvalue weighted by molar-refractivity contribution is -0.385. The van der Waals surface area contributed by atoms with Crippen molar-refractivity contribution in [3.63, 3.8) is 0 Å². The molecular weight excluding hydrogens is 362 g/mol. The lowest BCUT2D eigenvalue weighted by atomic mass is 10.1. The minimum Gasteiger partial charge on any atom is -0.322 e. The van der Waals surface area contributed by atoms with Crippen molar-refractivity contribution >= 4 is 29.0 Å². The number of nitrogens with zero attached hydrogens (tertiary/aromatic N) is 2. The van der Waals surface area contributed by atoms with Crippen LogP contribution in [0, 0.1) is 17.0 Å². The van der Waals surface area contributed by atoms with Gasteiger partial charge >= 0.3 is 0 Å². The summed E-state index contributed by atoms with van der Waals surface area (Å²) in [5.41, 5.74) is 2.25. The highest BCUT2D eigenvalue weighted by Gasteiger charge is 2.22. The molecule has 0 radical (unpaired) electrons. The molecular formula is C20H23N3O3S. The second kappa shape index (κ2) is 9.01. The molecule has 1 N–H and O–H groups in total. The van der Waals surface area contributed by atoms with Crippen LogP contribution in [0.5, 0.6) is 0 Å². The van der Waals surface area contributed by atoms with Crippen LogP contribution >= 0.6 is 11.8 Å². The number of nitro benzene ring substituents is 1. The van der Waals surface area contributed by atoms with Gasteiger partial charge in [-0.2, -0.15) is 11.8 Å². The van der Waals surface area contributed by atoms with Crippen molar-refractivity contribution in [3.8, 4) is 0 Å². The highest BCUT2D eigenvalue weighted by Crippen LogP contribution is 2.24. The largest absolute Gasteiger partial charge is 0.322 e. The number of nitro groups is 1. The Labute approximate surface area is 163 Å². The number of para-hydroxylation sites is 1. The second-order valence-corrected chi connectivity index (χ2v) is 7.81. The molecule has 0 atom stereocenters. The fourth-order valence-corrected chi connectivity index (χ4v) is 4.13. The van der Waals surface area contributed by atoms with Gasteiger partial charge in [0.25, 0.3) is 11.6 Å². The van der Waals surface area contributed by atoms with E-state index in [9.17, 15) is 14.9 Å². The van der Waals surface area contributed by atoms with Gasteiger partial charge in [-0.15, -0.1) is 0 Å². The Morgan fingerprint density at radius 2 is 1.89 bits per heavy atom. The van der Waals surface area contributed by atoms with Gasteiger partial charge in [-0.25, -0.2) is 0 Å². The van der Waals surface area contributed by atoms with Gasteiger partial charge in [-0.3, -0.25) is 14.9 Å². The molecule has 2 aromatic rings. The third kappa shape index (κ3) is 5.08. The van der Waals surface area contributed by atoms with E-state index in [0.29, 0.717) is 11.3 Å². The van der Waals surface area contributed by atoms with Crippen molar-refractivity contribution in [3.05, 3.63) is 69.3 Å². The standard InChI is InChI=1S/C20H23N3O3S/c1-15-3-2-4-18(19(15)23(25)26)20(24)21-17-7-5-16(6-8-17)9-10-22-11-13-27-14-12-22/h2-8H,9-14H2,1H3,(H,21,24). The van der Waals surface area contributed by atoms with Crippen molar-refractivity contribution in [2.24, 2.45) is 0 Å². The van der Waals surface area contributed by atoms with Crippen LogP contribution < -0.4 is 5.32 Å². The molecule has 142 valence electrons. The zero-order chi connectivity index (χ0) is 19.2. The van der Waals surface area contributed by atoms with E-state index in [1.165, 1.54) is 23.1 Å². The summed E-state index contributed by atoms with van der Waals surface area (Å²) in [6.07, 6.45) is 0.974. The third-order valence-electron chi connectivity index (χ3n) is 4.70. The molecule has 1 heterocycles. The van der Waals surface area contributed by atoms with Crippen molar-refractivity contribution in [2.45, 2.75) is 13.3 Å². The summed E-state index contributed by atoms with van der Waals surface area (Å²) < 4.78 is 0. The molecule has 0 unspecified atom stereocenters. The van der Waals surface area contributed by atoms with Crippen LogP contribution in [0.4, 0.5) is 11.4 Å². The number of thioether (sulfide) groups is 1. The SMILES string of the molecule is Cc1cccc(C(=O)Nc2ccc(CCN3CCSCC3)cc2)c1[N+](=O)[O-]. The maximum absolute atomic E-state index is 12.5. The molecule has 3 rings (SSSR count). The Morgan fingerprint density at radius 3 is 2.56 bits per heavy atom. The number of hydrogen-bond donors (Lipinski definition) is 1. The summed E-state index contributed by atoms with van der Waals surface area (Å²) >= 11 is 2.01. The van der Waals surface area contributed by atoms with Crippen LogP contribution in [-0.2, 0) is 6.42 Å². The predicted molar refractivity (Wildman–Crippen MR) is 110 cm³/mol. The van der Waals surface area contributed by atoms with E-state index in [1.54, 1.807) is 19.1 Å². The molecule has 0 aliphatic carbocycles. The quantitative estimate of drug-likeness (QED) is 0.605. The highest BCUT2D eigenvalue weighted by molar-refractivity contribution is 7.99. The number of carbonyl (C=O) groups is 1. The van der Waals surface area contributed by atoms with Crippen LogP contribution in [0.15, 0.2) is 42.5 Å². The van der Waals surface area contributed by atoms with Gasteiger partial charge in [0.05, 0.1) is 4.92 Å². The molecule has 0 bridgehead atoms. The van der Waals surface area contributed by atoms with E-state index in [-0.39, 0.29) is 11.3 Å². The fraction of sp³-hybridized carbons (Fsp3) is 0.350. The minimum atomic E-state index is -0.507. The molecule has 1 amide bonds. The molecule has 1 aliphatic rings. The van der Waals surface area contributed by atoms with Crippen LogP contribution in [0.25, 0.3) is 0 Å². The molecule has 1 aliphatic heterocycles. The van der Waals surface area contributed by atoms with Gasteiger partial charge in [0.1, 0.15) is 5.56 Å². The van der Waals surface area contributed by atoms with Crippen LogP contribution in [0.1, 0.15) is 21.5 Å². The third-order valence-corrected chi connectivity index (χ3v) is 5.64. The number of nitrogens with one attached hydrogen (secondary N) is 1. The molecule has 1 saturated heterocycles. The summed E-state index contributed by atoms with van der Waals surface area (Å²) in [5, 5.41) is 14.0. The average Bonchev–Trinajstić information content (AvgIpc) is 2.67. The molecule has 27 heavy (non-hydrogen) atoms. The van der Waals surface area contributed by atoms with Crippen molar-refractivity contribution in [1.29, 1.82) is 0 Å². The van der Waals surface area contributed by atoms with E-state index >= 15 is 0 Å². The first-order chi connectivity index (χ1) is 13.0. The van der Waals surface area contributed by atoms with E-state index in [2.05, 4.69) is 10.2 Å². The molecule has 1 fully saturated rings. The first kappa shape index (κ1) is 19.4. The second-order valence-electron chi connectivity index (χ2n) is 6.58. The average molecular weight is 385 g/mol. The Balaban J connectivity index is 1.62. The van der Waals surface area contributed by atoms with Crippen LogP contribution in [-0.4, -0.2) is 46.9 Å². The lowest BCUT2D eigenvalue weighted by Crippen LogP contribution is -2.34. The summed E-state index contributed by atoms with van der Waals surface area (Å²) in [7, 11) is 0. The summed E-state index contributed by atoms with van der Waals surface area (Å²) in [4.78, 5) is 25.7. The molecule has 0 saturated carbocycles. The summed E-state index contributed by atoms with van der Waals surface area (Å²) in [6, 6.07) is 12.5. The predicted octanol–water partition coefficient (Wildman–Crippen LogP) is 3.75. The van der Waals surface area contributed by atoms with E-state index < -0.39 is 10.8 Å². The van der Waals surface area contributed by atoms with Crippen molar-refractivity contribution < 1.29 is 9.72 Å². The van der Waals surface area contributed by atoms with Crippen molar-refractivity contribution in [2.75, 3.05) is 36.5 Å². The van der Waals surface area contributed by atoms with Crippen LogP contribution in [0.2, 0.25) is 0 Å². The van der Waals surface area contributed by atoms with Gasteiger partial charge in [-0.05, 0) is 37.1 Å². The maximum atomic E-state index is 12.5. The molecule has 0 spiro atoms. The number of rotatable bonds is 6. The van der Waals surface area contributed by atoms with Gasteiger partial charge in [0.2, 0.25) is 0 Å². The first-order valence-electron chi connectivity index (χ1n) is 8.99. The first-order valence-corrected chi connectivity index (χ1v) is 10.1. The van der Waals surface area contributed by atoms with Gasteiger partial charge in [-0.1, -0.05) is 24.3 Å². The number of benzene rings is 2. The van der Waals surface area contributed by atoms with Gasteiger partial charge in [0.15, 0.2) is 0 Å². The smallest absolute Gasteiger partial charge is 0.285 e. The molecule has 0 aromatic heterocycles. The van der Waals surface area contributed by atoms with E-state index in [1.807, 2.05) is 36.0 Å². The van der Waals surface area contributed by atoms with Gasteiger partial charge < -0.3 is 10.2 Å². The van der Waals surface area contributed by atoms with Crippen molar-refractivity contribution in [1.82, 2.24) is 4.90 Å². The van der Waals surface area contributed by atoms with Crippen LogP contribution in [0.3, 0.4) is 0 Å². The fourth-order valence-electron chi connectivity index (χ4n) is 3.15. The number of anilines is 1. The Morgan fingerprint density at radius 1 is 1.19 bits per heavy atom. The highest BCUT2D eigenvalue weighted by atomic mass is 32.2. The number of amides is 1. The Kier molecular flexibility index (Phi) is 6.47. The van der Waals surface area contributed by atoms with E-state index in [0.717, 1.165) is 26.1 Å². The normalized spacial score (nSPS) is 14.7. The Bertz CT molecular complexity index is 818. The zero-order valence-corrected chi connectivity index (χ0v) is 16.1. The number of hydrogen-bond acceptors (Lipinski definition) is 5. The topological polar surface area (TPSA) is 75.5 Å². The monoisotopic (exact) mass is 385 g/mol. The minimum absolute atomic E-state index is 0.0760. The maximum Gasteiger partial charge on any atom is 0.285 e. The van der Waals surface area contributed by atoms with E-state index in [4.69, 9.17) is 0 Å². The lowest BCUT2D eigenvalue weighted by Gasteiger charge is -2.26. The summed E-state index contributed by atoms with van der Waals surface area (Å²) in [6.45, 7) is 4.97. The molecule has 2 aromatic carbocycles. The molecule has 6 nitrogen and oxygen atoms in total. The number of aryl methyl sites for hydroxylation is 1. The zero-order valence-electron chi connectivity index (χ0n) is 15.3. The number of carbonyl (C=O) groups excluding carboxylic acids is 1. The molecule has 7 heteroatoms.